The standard InChI is InChI=1S/C18H22FNO5/c1-11(2)8-13(18(22)24-4)20-10-12(9-16(20)21)25-15-7-5-6-14(23-3)17(15)19/h5-7,9,11,13H,8,10H2,1-4H3/t13-/m0/s1. The van der Waals surface area contributed by atoms with Gasteiger partial charge in [0.05, 0.1) is 20.8 Å². The topological polar surface area (TPSA) is 65.1 Å². The molecule has 1 atom stereocenters. The molecule has 1 aliphatic heterocycles. The Labute approximate surface area is 146 Å². The van der Waals surface area contributed by atoms with Gasteiger partial charge in [-0.15, -0.1) is 0 Å². The molecule has 1 aromatic carbocycles. The number of carbonyl (C=O) groups is 2. The van der Waals surface area contributed by atoms with E-state index in [1.54, 1.807) is 6.07 Å². The summed E-state index contributed by atoms with van der Waals surface area (Å²) in [6.45, 7) is 3.97. The maximum atomic E-state index is 14.2. The number of ether oxygens (including phenoxy) is 3. The summed E-state index contributed by atoms with van der Waals surface area (Å²) in [6, 6.07) is 3.80. The number of halogens is 1. The van der Waals surface area contributed by atoms with Gasteiger partial charge in [0.15, 0.2) is 11.5 Å². The molecule has 1 heterocycles. The molecular weight excluding hydrogens is 329 g/mol. The monoisotopic (exact) mass is 351 g/mol. The fourth-order valence-electron chi connectivity index (χ4n) is 2.64. The molecule has 6 nitrogen and oxygen atoms in total. The molecule has 0 fully saturated rings. The number of amides is 1. The lowest BCUT2D eigenvalue weighted by Gasteiger charge is -2.27. The van der Waals surface area contributed by atoms with Crippen molar-refractivity contribution in [3.8, 4) is 11.5 Å². The molecule has 2 rings (SSSR count). The molecule has 1 aromatic rings. The molecule has 0 saturated heterocycles. The Bertz CT molecular complexity index is 686. The highest BCUT2D eigenvalue weighted by Crippen LogP contribution is 2.29. The molecule has 0 aliphatic carbocycles. The predicted octanol–water partition coefficient (Wildman–Crippen LogP) is 2.53. The molecule has 0 bridgehead atoms. The summed E-state index contributed by atoms with van der Waals surface area (Å²) in [4.78, 5) is 25.7. The van der Waals surface area contributed by atoms with Gasteiger partial charge in [-0.05, 0) is 24.5 Å². The van der Waals surface area contributed by atoms with E-state index >= 15 is 0 Å². The first-order valence-corrected chi connectivity index (χ1v) is 7.96. The first-order valence-electron chi connectivity index (χ1n) is 7.96. The van der Waals surface area contributed by atoms with Crippen molar-refractivity contribution in [2.45, 2.75) is 26.3 Å². The van der Waals surface area contributed by atoms with E-state index in [0.29, 0.717) is 6.42 Å². The average molecular weight is 351 g/mol. The molecule has 1 amide bonds. The smallest absolute Gasteiger partial charge is 0.328 e. The largest absolute Gasteiger partial charge is 0.494 e. The number of methoxy groups -OCH3 is 2. The van der Waals surface area contributed by atoms with Crippen LogP contribution in [-0.4, -0.2) is 43.6 Å². The normalized spacial score (nSPS) is 15.2. The van der Waals surface area contributed by atoms with Crippen molar-refractivity contribution >= 4 is 11.9 Å². The Balaban J connectivity index is 2.15. The third-order valence-electron chi connectivity index (χ3n) is 3.83. The van der Waals surface area contributed by atoms with Crippen LogP contribution < -0.4 is 9.47 Å². The fraction of sp³-hybridized carbons (Fsp3) is 0.444. The van der Waals surface area contributed by atoms with Gasteiger partial charge in [-0.25, -0.2) is 4.79 Å². The van der Waals surface area contributed by atoms with Gasteiger partial charge in [0.25, 0.3) is 5.91 Å². The maximum Gasteiger partial charge on any atom is 0.328 e. The van der Waals surface area contributed by atoms with Crippen molar-refractivity contribution in [3.05, 3.63) is 35.9 Å². The Morgan fingerprint density at radius 3 is 2.56 bits per heavy atom. The van der Waals surface area contributed by atoms with Crippen LogP contribution in [0.25, 0.3) is 0 Å². The second-order valence-electron chi connectivity index (χ2n) is 6.12. The zero-order valence-corrected chi connectivity index (χ0v) is 14.7. The van der Waals surface area contributed by atoms with E-state index < -0.39 is 17.8 Å². The lowest BCUT2D eigenvalue weighted by molar-refractivity contribution is -0.151. The lowest BCUT2D eigenvalue weighted by Crippen LogP contribution is -2.44. The van der Waals surface area contributed by atoms with Crippen molar-refractivity contribution in [1.29, 1.82) is 0 Å². The van der Waals surface area contributed by atoms with Gasteiger partial charge >= 0.3 is 5.97 Å². The lowest BCUT2D eigenvalue weighted by atomic mass is 10.0. The van der Waals surface area contributed by atoms with E-state index in [0.717, 1.165) is 0 Å². The minimum absolute atomic E-state index is 0.0428. The number of carbonyl (C=O) groups excluding carboxylic acids is 2. The SMILES string of the molecule is COC(=O)[C@H](CC(C)C)N1CC(Oc2cccc(OC)c2F)=CC1=O. The molecule has 136 valence electrons. The Morgan fingerprint density at radius 2 is 1.96 bits per heavy atom. The number of hydrogen-bond acceptors (Lipinski definition) is 5. The highest BCUT2D eigenvalue weighted by atomic mass is 19.1. The third-order valence-corrected chi connectivity index (χ3v) is 3.83. The minimum Gasteiger partial charge on any atom is -0.494 e. The van der Waals surface area contributed by atoms with E-state index in [4.69, 9.17) is 14.2 Å². The van der Waals surface area contributed by atoms with E-state index in [1.165, 1.54) is 37.3 Å². The number of hydrogen-bond donors (Lipinski definition) is 0. The highest BCUT2D eigenvalue weighted by molar-refractivity contribution is 5.94. The molecule has 0 spiro atoms. The van der Waals surface area contributed by atoms with Crippen LogP contribution in [0.15, 0.2) is 30.0 Å². The van der Waals surface area contributed by atoms with Gasteiger partial charge in [-0.1, -0.05) is 19.9 Å². The summed E-state index contributed by atoms with van der Waals surface area (Å²) in [7, 11) is 2.64. The molecule has 0 unspecified atom stereocenters. The van der Waals surface area contributed by atoms with Crippen molar-refractivity contribution in [2.24, 2.45) is 5.92 Å². The number of esters is 1. The maximum absolute atomic E-state index is 14.2. The molecule has 1 aliphatic rings. The first kappa shape index (κ1) is 18.8. The quantitative estimate of drug-likeness (QED) is 0.706. The van der Waals surface area contributed by atoms with E-state index in [9.17, 15) is 14.0 Å². The van der Waals surface area contributed by atoms with Gasteiger partial charge in [0.1, 0.15) is 11.8 Å². The van der Waals surface area contributed by atoms with Crippen LogP contribution in [0.2, 0.25) is 0 Å². The predicted molar refractivity (Wildman–Crippen MR) is 88.6 cm³/mol. The zero-order chi connectivity index (χ0) is 18.6. The molecule has 0 N–H and O–H groups in total. The van der Waals surface area contributed by atoms with Crippen LogP contribution in [0.1, 0.15) is 20.3 Å². The van der Waals surface area contributed by atoms with Crippen LogP contribution >= 0.6 is 0 Å². The number of nitrogens with zero attached hydrogens (tertiary/aromatic N) is 1. The highest BCUT2D eigenvalue weighted by Gasteiger charge is 2.35. The van der Waals surface area contributed by atoms with Gasteiger partial charge in [-0.3, -0.25) is 4.79 Å². The summed E-state index contributed by atoms with van der Waals surface area (Å²) in [6.07, 6.45) is 1.72. The first-order chi connectivity index (χ1) is 11.9. The van der Waals surface area contributed by atoms with Crippen LogP contribution in [0.3, 0.4) is 0 Å². The minimum atomic E-state index is -0.704. The number of rotatable bonds is 7. The second-order valence-corrected chi connectivity index (χ2v) is 6.12. The molecular formula is C18H22FNO5. The Hall–Kier alpha value is -2.57. The summed E-state index contributed by atoms with van der Waals surface area (Å²) >= 11 is 0. The van der Waals surface area contributed by atoms with Gasteiger partial charge in [0.2, 0.25) is 5.82 Å². The van der Waals surface area contributed by atoms with Crippen LogP contribution in [0.4, 0.5) is 4.39 Å². The summed E-state index contributed by atoms with van der Waals surface area (Å²) in [5.41, 5.74) is 0. The molecule has 0 aromatic heterocycles. The van der Waals surface area contributed by atoms with Crippen LogP contribution in [-0.2, 0) is 14.3 Å². The second kappa shape index (κ2) is 8.00. The fourth-order valence-corrected chi connectivity index (χ4v) is 2.64. The summed E-state index contributed by atoms with van der Waals surface area (Å²) in [5, 5.41) is 0. The molecule has 7 heteroatoms. The third kappa shape index (κ3) is 4.29. The zero-order valence-electron chi connectivity index (χ0n) is 14.7. The summed E-state index contributed by atoms with van der Waals surface area (Å²) < 4.78 is 29.4. The molecule has 25 heavy (non-hydrogen) atoms. The van der Waals surface area contributed by atoms with Crippen molar-refractivity contribution in [3.63, 3.8) is 0 Å². The number of benzene rings is 1. The molecule has 0 radical (unpaired) electrons. The van der Waals surface area contributed by atoms with Crippen molar-refractivity contribution < 1.29 is 28.2 Å². The van der Waals surface area contributed by atoms with E-state index in [1.807, 2.05) is 13.8 Å². The van der Waals surface area contributed by atoms with Gasteiger partial charge in [-0.2, -0.15) is 4.39 Å². The van der Waals surface area contributed by atoms with E-state index in [2.05, 4.69) is 0 Å². The average Bonchev–Trinajstić information content (AvgIpc) is 2.94. The Kier molecular flexibility index (Phi) is 6.01. The van der Waals surface area contributed by atoms with Crippen LogP contribution in [0, 0.1) is 11.7 Å². The van der Waals surface area contributed by atoms with Crippen molar-refractivity contribution in [1.82, 2.24) is 4.90 Å². The van der Waals surface area contributed by atoms with Crippen LogP contribution in [0.5, 0.6) is 11.5 Å². The summed E-state index contributed by atoms with van der Waals surface area (Å²) in [5.74, 6) is -1.04. The van der Waals surface area contributed by atoms with Crippen molar-refractivity contribution in [2.75, 3.05) is 20.8 Å². The Morgan fingerprint density at radius 1 is 1.28 bits per heavy atom. The van der Waals surface area contributed by atoms with Gasteiger partial charge in [0, 0.05) is 6.08 Å². The van der Waals surface area contributed by atoms with Gasteiger partial charge < -0.3 is 19.1 Å². The molecule has 0 saturated carbocycles. The van der Waals surface area contributed by atoms with E-state index in [-0.39, 0.29) is 35.6 Å².